The predicted octanol–water partition coefficient (Wildman–Crippen LogP) is 1.23. The van der Waals surface area contributed by atoms with E-state index in [0.717, 1.165) is 19.8 Å². The molecule has 3 rings (SSSR count). The Kier molecular flexibility index (Phi) is 9.44. The molecule has 0 spiro atoms. The second-order valence-electron chi connectivity index (χ2n) is 3.45. The molecular formula is C10H22ClNO3. The summed E-state index contributed by atoms with van der Waals surface area (Å²) in [6.45, 7) is 6.98. The molecule has 92 valence electrons. The Morgan fingerprint density at radius 2 is 1.40 bits per heavy atom. The van der Waals surface area contributed by atoms with Crippen LogP contribution in [0.4, 0.5) is 0 Å². The summed E-state index contributed by atoms with van der Waals surface area (Å²) < 4.78 is 13.9. The first kappa shape index (κ1) is 15.1. The van der Waals surface area contributed by atoms with Gasteiger partial charge < -0.3 is 19.5 Å². The summed E-state index contributed by atoms with van der Waals surface area (Å²) in [4.78, 5) is 0. The van der Waals surface area contributed by atoms with Crippen LogP contribution in [-0.2, 0) is 14.2 Å². The maximum atomic E-state index is 5.31. The van der Waals surface area contributed by atoms with Gasteiger partial charge in [0.1, 0.15) is 0 Å². The van der Waals surface area contributed by atoms with Gasteiger partial charge in [0, 0.05) is 0 Å². The molecule has 0 radical (unpaired) electrons. The Morgan fingerprint density at radius 3 is 1.40 bits per heavy atom. The Hall–Kier alpha value is 0.130. The molecule has 3 aliphatic heterocycles. The van der Waals surface area contributed by atoms with Gasteiger partial charge in [0.15, 0.2) is 5.56 Å². The zero-order valence-electron chi connectivity index (χ0n) is 9.96. The minimum absolute atomic E-state index is 0.0231. The van der Waals surface area contributed by atoms with E-state index in [0.29, 0.717) is 12.2 Å². The first-order valence-electron chi connectivity index (χ1n) is 5.19. The molecule has 3 aliphatic rings. The maximum Gasteiger partial charge on any atom is 0.157 e. The van der Waals surface area contributed by atoms with E-state index in [4.69, 9.17) is 16.3 Å². The molecule has 15 heavy (non-hydrogen) atoms. The van der Waals surface area contributed by atoms with Crippen LogP contribution in [0.1, 0.15) is 13.8 Å². The van der Waals surface area contributed by atoms with Gasteiger partial charge >= 0.3 is 0 Å². The van der Waals surface area contributed by atoms with Crippen LogP contribution in [0, 0.1) is 0 Å². The molecule has 0 aromatic carbocycles. The molecule has 3 unspecified atom stereocenters. The summed E-state index contributed by atoms with van der Waals surface area (Å²) in [7, 11) is 3.75. The number of halogens is 1. The van der Waals surface area contributed by atoms with Crippen LogP contribution >= 0.6 is 11.6 Å². The van der Waals surface area contributed by atoms with Gasteiger partial charge in [-0.3, -0.25) is 0 Å². The zero-order chi connectivity index (χ0) is 11.7. The lowest BCUT2D eigenvalue weighted by Gasteiger charge is -1.59. The van der Waals surface area contributed by atoms with E-state index in [9.17, 15) is 0 Å². The SMILES string of the molecule is C1CO1.CC1CO1.CC1OC1Cl.CNC. The molecule has 0 aromatic heterocycles. The van der Waals surface area contributed by atoms with Crippen molar-refractivity contribution < 1.29 is 14.2 Å². The van der Waals surface area contributed by atoms with Crippen molar-refractivity contribution in [1.82, 2.24) is 5.32 Å². The highest BCUT2D eigenvalue weighted by Crippen LogP contribution is 2.23. The minimum atomic E-state index is 0.0231. The van der Waals surface area contributed by atoms with Crippen molar-refractivity contribution in [2.75, 3.05) is 33.9 Å². The molecule has 3 saturated heterocycles. The lowest BCUT2D eigenvalue weighted by molar-refractivity contribution is 0.411. The Bertz CT molecular complexity index is 134. The van der Waals surface area contributed by atoms with Crippen molar-refractivity contribution >= 4 is 11.6 Å². The lowest BCUT2D eigenvalue weighted by Crippen LogP contribution is -1.89. The molecule has 0 bridgehead atoms. The third kappa shape index (κ3) is 20.3. The number of epoxide rings is 3. The van der Waals surface area contributed by atoms with Gasteiger partial charge in [0.25, 0.3) is 0 Å². The van der Waals surface area contributed by atoms with E-state index in [1.165, 1.54) is 0 Å². The molecule has 3 atom stereocenters. The van der Waals surface area contributed by atoms with Crippen molar-refractivity contribution in [3.05, 3.63) is 0 Å². The number of alkyl halides is 1. The molecule has 0 amide bonds. The molecule has 3 heterocycles. The normalized spacial score (nSPS) is 33.0. The van der Waals surface area contributed by atoms with E-state index in [-0.39, 0.29) is 5.56 Å². The zero-order valence-corrected chi connectivity index (χ0v) is 10.7. The van der Waals surface area contributed by atoms with Gasteiger partial charge in [0.05, 0.1) is 32.0 Å². The van der Waals surface area contributed by atoms with Crippen molar-refractivity contribution in [1.29, 1.82) is 0 Å². The van der Waals surface area contributed by atoms with Crippen LogP contribution in [0.2, 0.25) is 0 Å². The fraction of sp³-hybridized carbons (Fsp3) is 1.00. The van der Waals surface area contributed by atoms with Gasteiger partial charge in [-0.05, 0) is 27.9 Å². The summed E-state index contributed by atoms with van der Waals surface area (Å²) in [6, 6.07) is 0. The van der Waals surface area contributed by atoms with Crippen molar-refractivity contribution in [2.24, 2.45) is 0 Å². The average molecular weight is 240 g/mol. The second-order valence-corrected chi connectivity index (χ2v) is 3.88. The molecule has 5 heteroatoms. The Morgan fingerprint density at radius 1 is 1.20 bits per heavy atom. The van der Waals surface area contributed by atoms with Gasteiger partial charge in [-0.15, -0.1) is 0 Å². The van der Waals surface area contributed by atoms with E-state index >= 15 is 0 Å². The highest BCUT2D eigenvalue weighted by atomic mass is 35.5. The van der Waals surface area contributed by atoms with Gasteiger partial charge in [-0.25, -0.2) is 0 Å². The number of hydrogen-bond donors (Lipinski definition) is 1. The first-order valence-corrected chi connectivity index (χ1v) is 5.62. The Balaban J connectivity index is 0.000000179. The van der Waals surface area contributed by atoms with Gasteiger partial charge in [0.2, 0.25) is 0 Å². The van der Waals surface area contributed by atoms with Crippen molar-refractivity contribution in [3.63, 3.8) is 0 Å². The molecule has 0 saturated carbocycles. The van der Waals surface area contributed by atoms with Gasteiger partial charge in [-0.2, -0.15) is 0 Å². The van der Waals surface area contributed by atoms with E-state index in [1.807, 2.05) is 21.0 Å². The highest BCUT2D eigenvalue weighted by molar-refractivity contribution is 6.21. The summed E-state index contributed by atoms with van der Waals surface area (Å²) in [6.07, 6.45) is 0.900. The summed E-state index contributed by atoms with van der Waals surface area (Å²) in [5, 5.41) is 2.75. The number of ether oxygens (including phenoxy) is 3. The number of nitrogens with one attached hydrogen (secondary N) is 1. The predicted molar refractivity (Wildman–Crippen MR) is 61.4 cm³/mol. The second kappa shape index (κ2) is 9.36. The van der Waals surface area contributed by atoms with Gasteiger partial charge in [-0.1, -0.05) is 11.6 Å². The fourth-order valence-corrected chi connectivity index (χ4v) is 0.418. The third-order valence-corrected chi connectivity index (χ3v) is 1.80. The maximum absolute atomic E-state index is 5.31. The van der Waals surface area contributed by atoms with Crippen molar-refractivity contribution in [3.8, 4) is 0 Å². The van der Waals surface area contributed by atoms with E-state index in [2.05, 4.69) is 21.7 Å². The standard InChI is InChI=1S/C3H5ClO.C3H6O.C2H7N.C2H4O/c1-2-3(4)5-2;1-3-2-4-3;1-3-2;1-2-3-1/h2-3H,1H3;3H,2H2,1H3;3H,1-2H3;1-2H2. The molecule has 3 fully saturated rings. The largest absolute Gasteiger partial charge is 0.377 e. The minimum Gasteiger partial charge on any atom is -0.377 e. The van der Waals surface area contributed by atoms with Crippen LogP contribution in [0.5, 0.6) is 0 Å². The summed E-state index contributed by atoms with van der Waals surface area (Å²) >= 11 is 5.31. The number of rotatable bonds is 0. The molecule has 4 nitrogen and oxygen atoms in total. The quantitative estimate of drug-likeness (QED) is 0.510. The van der Waals surface area contributed by atoms with Crippen LogP contribution in [0.25, 0.3) is 0 Å². The van der Waals surface area contributed by atoms with Crippen LogP contribution in [0.3, 0.4) is 0 Å². The summed E-state index contributed by atoms with van der Waals surface area (Å²) in [5.41, 5.74) is 0.0231. The smallest absolute Gasteiger partial charge is 0.157 e. The highest BCUT2D eigenvalue weighted by Gasteiger charge is 2.30. The van der Waals surface area contributed by atoms with Crippen LogP contribution < -0.4 is 5.32 Å². The van der Waals surface area contributed by atoms with Crippen LogP contribution in [-0.4, -0.2) is 51.7 Å². The average Bonchev–Trinajstić information content (AvgIpc) is 2.91. The monoisotopic (exact) mass is 239 g/mol. The molecule has 1 N–H and O–H groups in total. The van der Waals surface area contributed by atoms with Crippen molar-refractivity contribution in [2.45, 2.75) is 31.6 Å². The van der Waals surface area contributed by atoms with E-state index in [1.54, 1.807) is 0 Å². The lowest BCUT2D eigenvalue weighted by atomic mass is 10.6. The van der Waals surface area contributed by atoms with Crippen LogP contribution in [0.15, 0.2) is 0 Å². The summed E-state index contributed by atoms with van der Waals surface area (Å²) in [5.74, 6) is 0. The molecular weight excluding hydrogens is 218 g/mol. The Labute approximate surface area is 97.2 Å². The molecule has 0 aliphatic carbocycles. The topological polar surface area (TPSA) is 49.6 Å². The first-order chi connectivity index (χ1) is 7.11. The number of hydrogen-bond acceptors (Lipinski definition) is 4. The fourth-order valence-electron chi connectivity index (χ4n) is 0.256. The third-order valence-electron chi connectivity index (χ3n) is 1.34. The van der Waals surface area contributed by atoms with E-state index < -0.39 is 0 Å². The molecule has 0 aromatic rings.